The van der Waals surface area contributed by atoms with E-state index >= 15 is 0 Å². The van der Waals surface area contributed by atoms with Crippen LogP contribution in [-0.4, -0.2) is 23.5 Å². The first kappa shape index (κ1) is 26.9. The molecule has 4 rings (SSSR count). The van der Waals surface area contributed by atoms with Gasteiger partial charge in [0.2, 0.25) is 0 Å². The van der Waals surface area contributed by atoms with Crippen LogP contribution in [0.1, 0.15) is 36.1 Å². The van der Waals surface area contributed by atoms with Gasteiger partial charge >= 0.3 is 0 Å². The summed E-state index contributed by atoms with van der Waals surface area (Å²) in [6.45, 7) is 4.29. The fraction of sp³-hybridized carbons (Fsp3) is 0.172. The summed E-state index contributed by atoms with van der Waals surface area (Å²) >= 11 is 11.9. The maximum atomic E-state index is 13.4. The number of ether oxygens (including phenoxy) is 2. The van der Waals surface area contributed by atoms with Crippen molar-refractivity contribution in [2.75, 3.05) is 11.5 Å². The van der Waals surface area contributed by atoms with E-state index in [1.807, 2.05) is 32.0 Å². The number of anilines is 1. The van der Waals surface area contributed by atoms with E-state index in [1.165, 1.54) is 11.0 Å². The van der Waals surface area contributed by atoms with Crippen LogP contribution < -0.4 is 19.7 Å². The first-order valence-corrected chi connectivity index (χ1v) is 12.7. The number of nitriles is 1. The number of thiocarbonyl (C=S) groups is 1. The fourth-order valence-corrected chi connectivity index (χ4v) is 4.47. The third-order valence-electron chi connectivity index (χ3n) is 5.86. The molecule has 1 fully saturated rings. The summed E-state index contributed by atoms with van der Waals surface area (Å²) in [5.41, 5.74) is 3.23. The summed E-state index contributed by atoms with van der Waals surface area (Å²) in [5.74, 6) is -0.524. The molecule has 7 nitrogen and oxygen atoms in total. The van der Waals surface area contributed by atoms with Gasteiger partial charge in [0.15, 0.2) is 16.6 Å². The molecule has 1 saturated heterocycles. The van der Waals surface area contributed by atoms with Gasteiger partial charge in [0.1, 0.15) is 12.2 Å². The highest BCUT2D eigenvalue weighted by Crippen LogP contribution is 2.38. The van der Waals surface area contributed by atoms with Crippen LogP contribution in [0.15, 0.2) is 66.2 Å². The maximum Gasteiger partial charge on any atom is 0.270 e. The van der Waals surface area contributed by atoms with Crippen LogP contribution in [-0.2, 0) is 22.6 Å². The number of nitrogens with one attached hydrogen (secondary N) is 1. The van der Waals surface area contributed by atoms with E-state index in [4.69, 9.17) is 33.3 Å². The first-order chi connectivity index (χ1) is 18.4. The predicted molar refractivity (Wildman–Crippen MR) is 150 cm³/mol. The zero-order chi connectivity index (χ0) is 27.2. The lowest BCUT2D eigenvalue weighted by Gasteiger charge is -2.29. The Balaban J connectivity index is 1.66. The number of carbonyl (C=O) groups is 2. The van der Waals surface area contributed by atoms with Crippen molar-refractivity contribution in [3.05, 3.63) is 93.5 Å². The Morgan fingerprint density at radius 3 is 2.50 bits per heavy atom. The van der Waals surface area contributed by atoms with Crippen LogP contribution in [0.3, 0.4) is 0 Å². The zero-order valence-corrected chi connectivity index (χ0v) is 22.4. The Labute approximate surface area is 231 Å². The van der Waals surface area contributed by atoms with Crippen molar-refractivity contribution in [3.63, 3.8) is 0 Å². The Hall–Kier alpha value is -4.19. The largest absolute Gasteiger partial charge is 0.490 e. The molecule has 3 aromatic carbocycles. The highest BCUT2D eigenvalue weighted by molar-refractivity contribution is 7.80. The molecular formula is C29H24ClN3O4S. The smallest absolute Gasteiger partial charge is 0.270 e. The molecule has 1 N–H and O–H groups in total. The lowest BCUT2D eigenvalue weighted by atomic mass is 10.1. The molecule has 0 aliphatic carbocycles. The monoisotopic (exact) mass is 545 g/mol. The van der Waals surface area contributed by atoms with Crippen molar-refractivity contribution in [1.82, 2.24) is 5.32 Å². The van der Waals surface area contributed by atoms with Gasteiger partial charge in [-0.3, -0.25) is 19.8 Å². The number of benzene rings is 3. The second kappa shape index (κ2) is 11.9. The highest BCUT2D eigenvalue weighted by atomic mass is 35.5. The molecule has 0 bridgehead atoms. The minimum Gasteiger partial charge on any atom is -0.490 e. The number of carbonyl (C=O) groups excluding carboxylic acids is 2. The number of hydrogen-bond donors (Lipinski definition) is 1. The van der Waals surface area contributed by atoms with Crippen molar-refractivity contribution < 1.29 is 19.1 Å². The molecule has 1 aliphatic rings. The molecule has 0 spiro atoms. The molecule has 1 heterocycles. The molecule has 192 valence electrons. The molecular weight excluding hydrogens is 522 g/mol. The van der Waals surface area contributed by atoms with Gasteiger partial charge in [0.25, 0.3) is 11.8 Å². The lowest BCUT2D eigenvalue weighted by Crippen LogP contribution is -2.54. The zero-order valence-electron chi connectivity index (χ0n) is 20.8. The Bertz CT molecular complexity index is 1480. The van der Waals surface area contributed by atoms with Gasteiger partial charge in [0, 0.05) is 5.56 Å². The molecule has 3 aromatic rings. The van der Waals surface area contributed by atoms with Crippen molar-refractivity contribution in [1.29, 1.82) is 5.26 Å². The molecule has 9 heteroatoms. The quantitative estimate of drug-likeness (QED) is 0.226. The SMILES string of the molecule is CCOc1cc(/C=C2\C(=O)NC(=S)N(c3ccc(CC)cc3)C2=O)cc(Cl)c1OCc1ccccc1C#N. The predicted octanol–water partition coefficient (Wildman–Crippen LogP) is 5.58. The average Bonchev–Trinajstić information content (AvgIpc) is 2.91. The molecule has 0 atom stereocenters. The third-order valence-corrected chi connectivity index (χ3v) is 6.42. The third kappa shape index (κ3) is 5.70. The van der Waals surface area contributed by atoms with Gasteiger partial charge < -0.3 is 9.47 Å². The molecule has 38 heavy (non-hydrogen) atoms. The summed E-state index contributed by atoms with van der Waals surface area (Å²) in [6, 6.07) is 19.9. The van der Waals surface area contributed by atoms with Gasteiger partial charge in [-0.15, -0.1) is 0 Å². The number of hydrogen-bond acceptors (Lipinski definition) is 6. The summed E-state index contributed by atoms with van der Waals surface area (Å²) in [7, 11) is 0. The Kier molecular flexibility index (Phi) is 8.41. The number of aryl methyl sites for hydroxylation is 1. The molecule has 0 saturated carbocycles. The number of rotatable bonds is 8. The highest BCUT2D eigenvalue weighted by Gasteiger charge is 2.34. The number of halogens is 1. The van der Waals surface area contributed by atoms with Gasteiger partial charge in [-0.25, -0.2) is 0 Å². The van der Waals surface area contributed by atoms with Crippen LogP contribution in [0, 0.1) is 11.3 Å². The van der Waals surface area contributed by atoms with E-state index in [9.17, 15) is 14.9 Å². The van der Waals surface area contributed by atoms with Gasteiger partial charge in [0.05, 0.1) is 28.9 Å². The molecule has 0 radical (unpaired) electrons. The fourth-order valence-electron chi connectivity index (χ4n) is 3.92. The van der Waals surface area contributed by atoms with Gasteiger partial charge in [-0.1, -0.05) is 48.9 Å². The first-order valence-electron chi connectivity index (χ1n) is 11.9. The average molecular weight is 546 g/mol. The maximum absolute atomic E-state index is 13.4. The van der Waals surface area contributed by atoms with Crippen LogP contribution >= 0.6 is 23.8 Å². The Morgan fingerprint density at radius 1 is 1.08 bits per heavy atom. The topological polar surface area (TPSA) is 91.7 Å². The van der Waals surface area contributed by atoms with Crippen LogP contribution in [0.4, 0.5) is 5.69 Å². The van der Waals surface area contributed by atoms with Crippen molar-refractivity contribution in [2.24, 2.45) is 0 Å². The van der Waals surface area contributed by atoms with Crippen LogP contribution in [0.5, 0.6) is 11.5 Å². The van der Waals surface area contributed by atoms with E-state index in [2.05, 4.69) is 11.4 Å². The summed E-state index contributed by atoms with van der Waals surface area (Å²) in [5, 5.41) is 12.2. The minimum atomic E-state index is -0.607. The summed E-state index contributed by atoms with van der Waals surface area (Å²) in [4.78, 5) is 27.4. The van der Waals surface area contributed by atoms with Gasteiger partial charge in [-0.2, -0.15) is 5.26 Å². The van der Waals surface area contributed by atoms with E-state index in [0.29, 0.717) is 40.5 Å². The number of nitrogens with zero attached hydrogens (tertiary/aromatic N) is 2. The van der Waals surface area contributed by atoms with E-state index in [1.54, 1.807) is 42.5 Å². The standard InChI is InChI=1S/C29H24ClN3O4S/c1-3-18-9-11-22(12-10-18)33-28(35)23(27(34)32-29(33)38)13-19-14-24(30)26(25(15-19)36-4-2)37-17-21-8-6-5-7-20(21)16-31/h5-15H,3-4,17H2,1-2H3,(H,32,34,38)/b23-13+. The van der Waals surface area contributed by atoms with E-state index in [0.717, 1.165) is 12.0 Å². The molecule has 1 aliphatic heterocycles. The second-order valence-electron chi connectivity index (χ2n) is 8.30. The van der Waals surface area contributed by atoms with Crippen molar-refractivity contribution in [2.45, 2.75) is 26.9 Å². The van der Waals surface area contributed by atoms with Crippen LogP contribution in [0.25, 0.3) is 6.08 Å². The summed E-state index contributed by atoms with van der Waals surface area (Å²) < 4.78 is 11.7. The van der Waals surface area contributed by atoms with Crippen molar-refractivity contribution in [3.8, 4) is 17.6 Å². The van der Waals surface area contributed by atoms with Gasteiger partial charge in [-0.05, 0) is 73.1 Å². The van der Waals surface area contributed by atoms with Crippen LogP contribution in [0.2, 0.25) is 5.02 Å². The Morgan fingerprint density at radius 2 is 1.82 bits per heavy atom. The molecule has 0 unspecified atom stereocenters. The van der Waals surface area contributed by atoms with E-state index in [-0.39, 0.29) is 22.3 Å². The second-order valence-corrected chi connectivity index (χ2v) is 9.09. The normalized spacial score (nSPS) is 14.3. The molecule has 2 amide bonds. The summed E-state index contributed by atoms with van der Waals surface area (Å²) in [6.07, 6.45) is 2.30. The number of amides is 2. The van der Waals surface area contributed by atoms with E-state index < -0.39 is 11.8 Å². The van der Waals surface area contributed by atoms with Crippen molar-refractivity contribution >= 4 is 52.5 Å². The lowest BCUT2D eigenvalue weighted by molar-refractivity contribution is -0.122. The minimum absolute atomic E-state index is 0.0100. The molecule has 0 aromatic heterocycles.